The van der Waals surface area contributed by atoms with Crippen LogP contribution in [0.2, 0.25) is 0 Å². The molecule has 0 bridgehead atoms. The number of hydrogen-bond acceptors (Lipinski definition) is 4. The number of nitrogens with zero attached hydrogens (tertiary/aromatic N) is 3. The fourth-order valence-electron chi connectivity index (χ4n) is 4.69. The summed E-state index contributed by atoms with van der Waals surface area (Å²) in [5, 5.41) is 5.86. The minimum absolute atomic E-state index is 0.0904. The first kappa shape index (κ1) is 19.6. The maximum atomic E-state index is 14.3. The summed E-state index contributed by atoms with van der Waals surface area (Å²) in [5.74, 6) is 0.879. The van der Waals surface area contributed by atoms with Crippen LogP contribution in [0.3, 0.4) is 0 Å². The number of methoxy groups -OCH3 is 1. The Kier molecular flexibility index (Phi) is 5.88. The van der Waals surface area contributed by atoms with Crippen molar-refractivity contribution in [2.24, 2.45) is 5.92 Å². The summed E-state index contributed by atoms with van der Waals surface area (Å²) in [6, 6.07) is 4.16. The standard InChI is InChI=1S/C20H26FN3O2.C2H6/c1-25-19-11-14-16(6-8-23-7-5-13-10-17(13)23)22-24(18(14)12-15(19)21)20-4-2-3-9-26-20;1-2/h11-13,17,20H,2-10H2,1H3;1-2H3. The number of halogens is 1. The summed E-state index contributed by atoms with van der Waals surface area (Å²) in [6.07, 6.45) is 6.64. The van der Waals surface area contributed by atoms with Crippen LogP contribution >= 0.6 is 0 Å². The van der Waals surface area contributed by atoms with Crippen LogP contribution in [0.1, 0.15) is 57.9 Å². The van der Waals surface area contributed by atoms with E-state index in [1.165, 1.54) is 26.5 Å². The number of ether oxygens (including phenoxy) is 2. The average Bonchev–Trinajstić information content (AvgIpc) is 3.29. The molecule has 0 N–H and O–H groups in total. The van der Waals surface area contributed by atoms with E-state index < -0.39 is 0 Å². The molecular weight excluding hydrogens is 357 g/mol. The lowest BCUT2D eigenvalue weighted by Crippen LogP contribution is -2.26. The molecule has 3 heterocycles. The van der Waals surface area contributed by atoms with Crippen LogP contribution in [0.5, 0.6) is 5.75 Å². The number of fused-ring (bicyclic) bond motifs is 2. The average molecular weight is 390 g/mol. The van der Waals surface area contributed by atoms with E-state index in [0.717, 1.165) is 67.4 Å². The maximum Gasteiger partial charge on any atom is 0.167 e. The zero-order valence-corrected chi connectivity index (χ0v) is 17.3. The molecule has 1 aromatic carbocycles. The molecule has 2 saturated heterocycles. The molecule has 1 aliphatic carbocycles. The number of rotatable bonds is 5. The number of hydrogen-bond donors (Lipinski definition) is 0. The Hall–Kier alpha value is -1.66. The molecule has 6 heteroatoms. The lowest BCUT2D eigenvalue weighted by Gasteiger charge is -2.23. The highest BCUT2D eigenvalue weighted by atomic mass is 19.1. The molecule has 2 aliphatic heterocycles. The van der Waals surface area contributed by atoms with E-state index in [1.54, 1.807) is 12.1 Å². The highest BCUT2D eigenvalue weighted by molar-refractivity contribution is 5.84. The van der Waals surface area contributed by atoms with Gasteiger partial charge in [0.2, 0.25) is 0 Å². The van der Waals surface area contributed by atoms with Crippen molar-refractivity contribution in [3.05, 3.63) is 23.6 Å². The van der Waals surface area contributed by atoms with E-state index in [9.17, 15) is 4.39 Å². The molecule has 28 heavy (non-hydrogen) atoms. The van der Waals surface area contributed by atoms with Crippen molar-refractivity contribution < 1.29 is 13.9 Å². The van der Waals surface area contributed by atoms with Gasteiger partial charge in [0.15, 0.2) is 17.8 Å². The Balaban J connectivity index is 0.000000932. The van der Waals surface area contributed by atoms with Gasteiger partial charge in [-0.3, -0.25) is 4.90 Å². The maximum absolute atomic E-state index is 14.3. The molecule has 3 atom stereocenters. The van der Waals surface area contributed by atoms with E-state index >= 15 is 0 Å². The second-order valence-corrected chi connectivity index (χ2v) is 7.85. The van der Waals surface area contributed by atoms with Crippen LogP contribution in [0.4, 0.5) is 4.39 Å². The molecule has 2 aromatic rings. The monoisotopic (exact) mass is 389 g/mol. The molecule has 3 unspecified atom stereocenters. The fourth-order valence-corrected chi connectivity index (χ4v) is 4.69. The SMILES string of the molecule is CC.COc1cc2c(CCN3CCC4CC43)nn(C3CCCCO3)c2cc1F. The second-order valence-electron chi connectivity index (χ2n) is 7.85. The van der Waals surface area contributed by atoms with Crippen molar-refractivity contribution >= 4 is 10.9 Å². The van der Waals surface area contributed by atoms with Crippen molar-refractivity contribution in [2.45, 2.75) is 64.6 Å². The van der Waals surface area contributed by atoms with Gasteiger partial charge in [0.1, 0.15) is 0 Å². The minimum atomic E-state index is -0.344. The van der Waals surface area contributed by atoms with Gasteiger partial charge in [0, 0.05) is 37.1 Å². The fraction of sp³-hybridized carbons (Fsp3) is 0.682. The quantitative estimate of drug-likeness (QED) is 0.752. The predicted octanol–water partition coefficient (Wildman–Crippen LogP) is 4.55. The summed E-state index contributed by atoms with van der Waals surface area (Å²) in [5.41, 5.74) is 1.84. The third-order valence-electron chi connectivity index (χ3n) is 6.26. The zero-order valence-electron chi connectivity index (χ0n) is 17.3. The Morgan fingerprint density at radius 2 is 2.11 bits per heavy atom. The topological polar surface area (TPSA) is 39.5 Å². The van der Waals surface area contributed by atoms with Gasteiger partial charge in [-0.05, 0) is 50.6 Å². The number of aromatic nitrogens is 2. The Bertz CT molecular complexity index is 816. The molecule has 1 saturated carbocycles. The van der Waals surface area contributed by atoms with Crippen LogP contribution in [-0.4, -0.2) is 47.5 Å². The second kappa shape index (κ2) is 8.37. The van der Waals surface area contributed by atoms with Crippen molar-refractivity contribution in [3.8, 4) is 5.75 Å². The number of piperidine rings is 1. The summed E-state index contributed by atoms with van der Waals surface area (Å²) in [6.45, 7) is 6.98. The molecule has 0 amide bonds. The van der Waals surface area contributed by atoms with Gasteiger partial charge in [0.25, 0.3) is 0 Å². The van der Waals surface area contributed by atoms with E-state index in [1.807, 2.05) is 18.5 Å². The third kappa shape index (κ3) is 3.64. The van der Waals surface area contributed by atoms with Crippen LogP contribution in [0.15, 0.2) is 12.1 Å². The smallest absolute Gasteiger partial charge is 0.167 e. The van der Waals surface area contributed by atoms with Gasteiger partial charge in [-0.15, -0.1) is 0 Å². The van der Waals surface area contributed by atoms with E-state index in [0.29, 0.717) is 0 Å². The van der Waals surface area contributed by atoms with E-state index in [4.69, 9.17) is 14.6 Å². The molecule has 0 radical (unpaired) electrons. The Morgan fingerprint density at radius 1 is 1.25 bits per heavy atom. The zero-order chi connectivity index (χ0) is 19.7. The van der Waals surface area contributed by atoms with Gasteiger partial charge >= 0.3 is 0 Å². The predicted molar refractivity (Wildman–Crippen MR) is 108 cm³/mol. The molecule has 154 valence electrons. The molecule has 1 aromatic heterocycles. The first-order chi connectivity index (χ1) is 13.7. The van der Waals surface area contributed by atoms with Gasteiger partial charge < -0.3 is 9.47 Å². The van der Waals surface area contributed by atoms with Crippen LogP contribution in [0.25, 0.3) is 10.9 Å². The Morgan fingerprint density at radius 3 is 2.75 bits per heavy atom. The van der Waals surface area contributed by atoms with E-state index in [-0.39, 0.29) is 17.8 Å². The highest BCUT2D eigenvalue weighted by Crippen LogP contribution is 2.44. The van der Waals surface area contributed by atoms with Crippen LogP contribution in [0, 0.1) is 11.7 Å². The van der Waals surface area contributed by atoms with Crippen LogP contribution < -0.4 is 4.74 Å². The molecular formula is C22H32FN3O2. The summed E-state index contributed by atoms with van der Waals surface area (Å²) in [4.78, 5) is 2.59. The normalized spacial score (nSPS) is 26.6. The lowest BCUT2D eigenvalue weighted by molar-refractivity contribution is -0.0369. The van der Waals surface area contributed by atoms with Crippen LogP contribution in [-0.2, 0) is 11.2 Å². The molecule has 0 spiro atoms. The first-order valence-corrected chi connectivity index (χ1v) is 10.8. The molecule has 3 aliphatic rings. The lowest BCUT2D eigenvalue weighted by atomic mass is 10.1. The van der Waals surface area contributed by atoms with Gasteiger partial charge in [-0.25, -0.2) is 9.07 Å². The number of benzene rings is 1. The summed E-state index contributed by atoms with van der Waals surface area (Å²) < 4.78 is 27.4. The Labute approximate surface area is 166 Å². The highest BCUT2D eigenvalue weighted by Gasteiger charge is 2.46. The van der Waals surface area contributed by atoms with Gasteiger partial charge in [-0.2, -0.15) is 5.10 Å². The first-order valence-electron chi connectivity index (χ1n) is 10.8. The van der Waals surface area contributed by atoms with Crippen molar-refractivity contribution in [3.63, 3.8) is 0 Å². The van der Waals surface area contributed by atoms with E-state index in [2.05, 4.69) is 4.90 Å². The molecule has 5 rings (SSSR count). The van der Waals surface area contributed by atoms with Crippen molar-refractivity contribution in [1.82, 2.24) is 14.7 Å². The van der Waals surface area contributed by atoms with Gasteiger partial charge in [-0.1, -0.05) is 13.8 Å². The largest absolute Gasteiger partial charge is 0.494 e. The van der Waals surface area contributed by atoms with Crippen molar-refractivity contribution in [2.75, 3.05) is 26.8 Å². The molecule has 5 nitrogen and oxygen atoms in total. The molecule has 3 fully saturated rings. The van der Waals surface area contributed by atoms with Crippen molar-refractivity contribution in [1.29, 1.82) is 0 Å². The summed E-state index contributed by atoms with van der Waals surface area (Å²) >= 11 is 0. The summed E-state index contributed by atoms with van der Waals surface area (Å²) in [7, 11) is 1.51. The number of likely N-dealkylation sites (tertiary alicyclic amines) is 1. The van der Waals surface area contributed by atoms with Gasteiger partial charge in [0.05, 0.1) is 18.3 Å². The third-order valence-corrected chi connectivity index (χ3v) is 6.26. The minimum Gasteiger partial charge on any atom is -0.494 e.